The second-order valence-corrected chi connectivity index (χ2v) is 6.95. The van der Waals surface area contributed by atoms with Gasteiger partial charge in [0, 0.05) is 34.1 Å². The first kappa shape index (κ1) is 17.3. The molecule has 4 rings (SSSR count). The second-order valence-electron chi connectivity index (χ2n) is 6.51. The summed E-state index contributed by atoms with van der Waals surface area (Å²) < 4.78 is 0. The lowest BCUT2D eigenvalue weighted by molar-refractivity contribution is 0.467. The van der Waals surface area contributed by atoms with Gasteiger partial charge in [-0.15, -0.1) is 0 Å². The van der Waals surface area contributed by atoms with Crippen LogP contribution in [0.2, 0.25) is 5.02 Å². The Kier molecular flexibility index (Phi) is 4.42. The summed E-state index contributed by atoms with van der Waals surface area (Å²) in [7, 11) is 0. The quantitative estimate of drug-likeness (QED) is 0.477. The maximum atomic E-state index is 10.1. The minimum absolute atomic E-state index is 0.317. The minimum Gasteiger partial charge on any atom is -0.507 e. The van der Waals surface area contributed by atoms with Crippen LogP contribution in [0.4, 0.5) is 0 Å². The lowest BCUT2D eigenvalue weighted by Crippen LogP contribution is -1.86. The van der Waals surface area contributed by atoms with Crippen molar-refractivity contribution < 1.29 is 5.11 Å². The molecule has 0 saturated heterocycles. The van der Waals surface area contributed by atoms with Crippen molar-refractivity contribution in [1.29, 1.82) is 0 Å². The van der Waals surface area contributed by atoms with E-state index in [1.54, 1.807) is 12.4 Å². The van der Waals surface area contributed by atoms with Gasteiger partial charge in [0.25, 0.3) is 0 Å². The zero-order valence-electron chi connectivity index (χ0n) is 15.0. The molecule has 0 fully saturated rings. The van der Waals surface area contributed by atoms with Gasteiger partial charge in [0.1, 0.15) is 11.6 Å². The van der Waals surface area contributed by atoms with Crippen LogP contribution in [-0.2, 0) is 0 Å². The van der Waals surface area contributed by atoms with Crippen molar-refractivity contribution in [2.75, 3.05) is 0 Å². The van der Waals surface area contributed by atoms with Crippen LogP contribution in [0.25, 0.3) is 33.9 Å². The van der Waals surface area contributed by atoms with Crippen molar-refractivity contribution in [1.82, 2.24) is 15.0 Å². The smallest absolute Gasteiger partial charge is 0.138 e. The molecule has 4 aromatic rings. The average molecular weight is 376 g/mol. The van der Waals surface area contributed by atoms with Gasteiger partial charge in [0.15, 0.2) is 0 Å². The minimum atomic E-state index is 0.317. The van der Waals surface area contributed by atoms with E-state index < -0.39 is 0 Å². The van der Waals surface area contributed by atoms with Gasteiger partial charge in [-0.3, -0.25) is 4.98 Å². The molecule has 0 spiro atoms. The summed E-state index contributed by atoms with van der Waals surface area (Å²) in [5.74, 6) is 1.07. The SMILES string of the molecule is Cc1cc(-c2nc(-c3ccc(Cl)cc3)c(-c3ccncc3)[nH]2)cc(C)c1O. The molecule has 2 aromatic heterocycles. The molecular weight excluding hydrogens is 358 g/mol. The van der Waals surface area contributed by atoms with E-state index in [1.165, 1.54) is 0 Å². The Labute approximate surface area is 162 Å². The number of halogens is 1. The molecule has 0 amide bonds. The number of rotatable bonds is 3. The van der Waals surface area contributed by atoms with Crippen molar-refractivity contribution in [2.24, 2.45) is 0 Å². The highest BCUT2D eigenvalue weighted by molar-refractivity contribution is 6.30. The highest BCUT2D eigenvalue weighted by Gasteiger charge is 2.16. The molecule has 0 saturated carbocycles. The molecule has 2 aromatic carbocycles. The van der Waals surface area contributed by atoms with E-state index in [9.17, 15) is 5.11 Å². The Morgan fingerprint density at radius 1 is 0.852 bits per heavy atom. The molecule has 0 unspecified atom stereocenters. The molecule has 2 heterocycles. The number of benzene rings is 2. The highest BCUT2D eigenvalue weighted by atomic mass is 35.5. The lowest BCUT2D eigenvalue weighted by Gasteiger charge is -2.05. The molecule has 27 heavy (non-hydrogen) atoms. The number of phenolic OH excluding ortho intramolecular Hbond substituents is 1. The number of aromatic hydroxyl groups is 1. The number of hydrogen-bond donors (Lipinski definition) is 2. The fraction of sp³-hybridized carbons (Fsp3) is 0.0909. The Morgan fingerprint density at radius 2 is 1.48 bits per heavy atom. The van der Waals surface area contributed by atoms with Gasteiger partial charge in [0.2, 0.25) is 0 Å². The number of aromatic amines is 1. The normalized spacial score (nSPS) is 10.9. The van der Waals surface area contributed by atoms with Crippen molar-refractivity contribution in [3.8, 4) is 39.7 Å². The number of hydrogen-bond acceptors (Lipinski definition) is 3. The van der Waals surface area contributed by atoms with E-state index in [2.05, 4.69) is 9.97 Å². The molecule has 0 aliphatic heterocycles. The monoisotopic (exact) mass is 375 g/mol. The lowest BCUT2D eigenvalue weighted by atomic mass is 10.1. The van der Waals surface area contributed by atoms with E-state index in [1.807, 2.05) is 62.4 Å². The third-order valence-electron chi connectivity index (χ3n) is 4.55. The highest BCUT2D eigenvalue weighted by Crippen LogP contribution is 2.35. The van der Waals surface area contributed by atoms with E-state index in [0.717, 1.165) is 45.0 Å². The third-order valence-corrected chi connectivity index (χ3v) is 4.81. The molecule has 0 bridgehead atoms. The van der Waals surface area contributed by atoms with Gasteiger partial charge in [0.05, 0.1) is 11.4 Å². The zero-order chi connectivity index (χ0) is 19.0. The Morgan fingerprint density at radius 3 is 2.11 bits per heavy atom. The number of pyridine rings is 1. The number of nitrogens with one attached hydrogen (secondary N) is 1. The van der Waals surface area contributed by atoms with E-state index in [-0.39, 0.29) is 0 Å². The molecule has 0 aliphatic carbocycles. The molecule has 0 aliphatic rings. The fourth-order valence-electron chi connectivity index (χ4n) is 3.15. The molecule has 134 valence electrons. The van der Waals surface area contributed by atoms with Gasteiger partial charge in [-0.25, -0.2) is 4.98 Å². The first-order chi connectivity index (χ1) is 13.0. The number of aromatic nitrogens is 3. The van der Waals surface area contributed by atoms with Crippen LogP contribution in [-0.4, -0.2) is 20.1 Å². The van der Waals surface area contributed by atoms with Gasteiger partial charge in [-0.05, 0) is 61.4 Å². The van der Waals surface area contributed by atoms with E-state index in [4.69, 9.17) is 16.6 Å². The largest absolute Gasteiger partial charge is 0.507 e. The average Bonchev–Trinajstić information content (AvgIpc) is 3.12. The van der Waals surface area contributed by atoms with Crippen LogP contribution in [0.1, 0.15) is 11.1 Å². The first-order valence-corrected chi connectivity index (χ1v) is 8.97. The van der Waals surface area contributed by atoms with E-state index in [0.29, 0.717) is 10.8 Å². The summed E-state index contributed by atoms with van der Waals surface area (Å²) in [6.07, 6.45) is 3.52. The molecule has 5 heteroatoms. The van der Waals surface area contributed by atoms with Crippen LogP contribution in [0.15, 0.2) is 60.9 Å². The molecule has 4 nitrogen and oxygen atoms in total. The Hall–Kier alpha value is -3.11. The number of imidazole rings is 1. The van der Waals surface area contributed by atoms with Crippen LogP contribution in [0.5, 0.6) is 5.75 Å². The second kappa shape index (κ2) is 6.89. The molecule has 2 N–H and O–H groups in total. The van der Waals surface area contributed by atoms with Gasteiger partial charge in [-0.1, -0.05) is 23.7 Å². The van der Waals surface area contributed by atoms with Crippen molar-refractivity contribution in [3.05, 3.63) is 77.1 Å². The van der Waals surface area contributed by atoms with Crippen molar-refractivity contribution >= 4 is 11.6 Å². The Bertz CT molecular complexity index is 1080. The summed E-state index contributed by atoms with van der Waals surface area (Å²) in [6, 6.07) is 15.4. The number of nitrogens with zero attached hydrogens (tertiary/aromatic N) is 2. The van der Waals surface area contributed by atoms with Crippen molar-refractivity contribution in [2.45, 2.75) is 13.8 Å². The maximum absolute atomic E-state index is 10.1. The molecule has 0 atom stereocenters. The summed E-state index contributed by atoms with van der Waals surface area (Å²) in [6.45, 7) is 3.78. The summed E-state index contributed by atoms with van der Waals surface area (Å²) >= 11 is 6.05. The van der Waals surface area contributed by atoms with Crippen LogP contribution >= 0.6 is 11.6 Å². The topological polar surface area (TPSA) is 61.8 Å². The number of phenols is 1. The maximum Gasteiger partial charge on any atom is 0.138 e. The standard InChI is InChI=1S/C22H18ClN3O/c1-13-11-17(12-14(2)21(13)27)22-25-19(15-3-5-18(23)6-4-15)20(26-22)16-7-9-24-10-8-16/h3-12,27H,1-2H3,(H,25,26). The van der Waals surface area contributed by atoms with Crippen LogP contribution in [0, 0.1) is 13.8 Å². The third kappa shape index (κ3) is 3.32. The zero-order valence-corrected chi connectivity index (χ0v) is 15.7. The first-order valence-electron chi connectivity index (χ1n) is 8.60. The van der Waals surface area contributed by atoms with Gasteiger partial charge < -0.3 is 10.1 Å². The van der Waals surface area contributed by atoms with Crippen molar-refractivity contribution in [3.63, 3.8) is 0 Å². The summed E-state index contributed by atoms with van der Waals surface area (Å²) in [4.78, 5) is 12.4. The number of aryl methyl sites for hydroxylation is 2. The Balaban J connectivity index is 1.91. The summed E-state index contributed by atoms with van der Waals surface area (Å²) in [5, 5.41) is 10.8. The van der Waals surface area contributed by atoms with Gasteiger partial charge in [-0.2, -0.15) is 0 Å². The predicted octanol–water partition coefficient (Wildman–Crippen LogP) is 5.78. The molecular formula is C22H18ClN3O. The predicted molar refractivity (Wildman–Crippen MR) is 109 cm³/mol. The fourth-order valence-corrected chi connectivity index (χ4v) is 3.27. The van der Waals surface area contributed by atoms with Crippen LogP contribution in [0.3, 0.4) is 0 Å². The van der Waals surface area contributed by atoms with E-state index >= 15 is 0 Å². The number of H-pyrrole nitrogens is 1. The summed E-state index contributed by atoms with van der Waals surface area (Å²) in [5.41, 5.74) is 6.30. The molecule has 0 radical (unpaired) electrons. The van der Waals surface area contributed by atoms with Crippen LogP contribution < -0.4 is 0 Å². The van der Waals surface area contributed by atoms with Gasteiger partial charge >= 0.3 is 0 Å².